The van der Waals surface area contributed by atoms with E-state index in [-0.39, 0.29) is 13.2 Å². The molecular weight excluding hydrogens is 276 g/mol. The van der Waals surface area contributed by atoms with Gasteiger partial charge in [0.15, 0.2) is 0 Å². The minimum atomic E-state index is -1.18. The lowest BCUT2D eigenvalue weighted by molar-refractivity contribution is -0.0734. The van der Waals surface area contributed by atoms with Gasteiger partial charge in [0.25, 0.3) is 0 Å². The number of hydrogen-bond acceptors (Lipinski definition) is 3. The summed E-state index contributed by atoms with van der Waals surface area (Å²) in [6.07, 6.45) is 1.48. The molecule has 0 aliphatic carbocycles. The van der Waals surface area contributed by atoms with Crippen molar-refractivity contribution in [2.75, 3.05) is 13.2 Å². The molecule has 1 N–H and O–H groups in total. The van der Waals surface area contributed by atoms with Crippen LogP contribution in [0.25, 0.3) is 0 Å². The lowest BCUT2D eigenvalue weighted by Gasteiger charge is -2.24. The van der Waals surface area contributed by atoms with Gasteiger partial charge in [-0.15, -0.1) is 6.58 Å². The van der Waals surface area contributed by atoms with Crippen molar-refractivity contribution in [3.8, 4) is 0 Å². The van der Waals surface area contributed by atoms with Crippen LogP contribution in [0.15, 0.2) is 73.3 Å². The molecule has 3 heteroatoms. The quantitative estimate of drug-likeness (QED) is 0.722. The summed E-state index contributed by atoms with van der Waals surface area (Å²) in [5, 5.41) is 10.4. The fraction of sp³-hybridized carbons (Fsp3) is 0.263. The molecule has 0 saturated heterocycles. The standard InChI is InChI=1S/C19H22O3/c1-2-19(20,15-21-13-17-9-5-3-6-10-17)16-22-14-18-11-7-4-8-12-18/h2-12,20H,1,13-16H2. The summed E-state index contributed by atoms with van der Waals surface area (Å²) in [7, 11) is 0. The second kappa shape index (κ2) is 8.49. The van der Waals surface area contributed by atoms with Gasteiger partial charge >= 0.3 is 0 Å². The van der Waals surface area contributed by atoms with Gasteiger partial charge in [0, 0.05) is 0 Å². The van der Waals surface area contributed by atoms with Crippen LogP contribution in [0.5, 0.6) is 0 Å². The van der Waals surface area contributed by atoms with Crippen molar-refractivity contribution >= 4 is 0 Å². The first kappa shape index (κ1) is 16.4. The summed E-state index contributed by atoms with van der Waals surface area (Å²) in [5.41, 5.74) is 0.960. The van der Waals surface area contributed by atoms with Crippen molar-refractivity contribution in [1.29, 1.82) is 0 Å². The lowest BCUT2D eigenvalue weighted by Crippen LogP contribution is -2.37. The fourth-order valence-corrected chi connectivity index (χ4v) is 2.00. The number of aliphatic hydroxyl groups is 1. The van der Waals surface area contributed by atoms with Gasteiger partial charge in [0.05, 0.1) is 26.4 Å². The Balaban J connectivity index is 1.75. The van der Waals surface area contributed by atoms with Crippen LogP contribution in [0.2, 0.25) is 0 Å². The van der Waals surface area contributed by atoms with Crippen LogP contribution in [-0.2, 0) is 22.7 Å². The molecule has 2 aromatic rings. The van der Waals surface area contributed by atoms with Crippen molar-refractivity contribution in [2.45, 2.75) is 18.8 Å². The summed E-state index contributed by atoms with van der Waals surface area (Å²) in [4.78, 5) is 0. The van der Waals surface area contributed by atoms with E-state index in [1.54, 1.807) is 0 Å². The fourth-order valence-electron chi connectivity index (χ4n) is 2.00. The smallest absolute Gasteiger partial charge is 0.129 e. The average molecular weight is 298 g/mol. The number of ether oxygens (including phenoxy) is 2. The van der Waals surface area contributed by atoms with Gasteiger partial charge in [-0.2, -0.15) is 0 Å². The third-order valence-corrected chi connectivity index (χ3v) is 3.31. The third-order valence-electron chi connectivity index (χ3n) is 3.31. The van der Waals surface area contributed by atoms with E-state index in [1.165, 1.54) is 6.08 Å². The Hall–Kier alpha value is -1.94. The maximum Gasteiger partial charge on any atom is 0.129 e. The zero-order chi connectivity index (χ0) is 15.7. The molecule has 22 heavy (non-hydrogen) atoms. The Labute approximate surface area is 131 Å². The van der Waals surface area contributed by atoms with E-state index >= 15 is 0 Å². The monoisotopic (exact) mass is 298 g/mol. The Morgan fingerprint density at radius 1 is 0.818 bits per heavy atom. The Morgan fingerprint density at radius 3 is 1.59 bits per heavy atom. The highest BCUT2D eigenvalue weighted by atomic mass is 16.5. The van der Waals surface area contributed by atoms with Crippen LogP contribution < -0.4 is 0 Å². The SMILES string of the molecule is C=CC(O)(COCc1ccccc1)COCc1ccccc1. The predicted octanol–water partition coefficient (Wildman–Crippen LogP) is 3.34. The first-order valence-corrected chi connectivity index (χ1v) is 7.31. The van der Waals surface area contributed by atoms with Crippen LogP contribution >= 0.6 is 0 Å². The van der Waals surface area contributed by atoms with Gasteiger partial charge < -0.3 is 14.6 Å². The average Bonchev–Trinajstić information content (AvgIpc) is 2.57. The Bertz CT molecular complexity index is 506. The van der Waals surface area contributed by atoms with Gasteiger partial charge in [0.1, 0.15) is 5.60 Å². The largest absolute Gasteiger partial charge is 0.381 e. The minimum Gasteiger partial charge on any atom is -0.381 e. The molecule has 0 fully saturated rings. The third kappa shape index (κ3) is 5.45. The summed E-state index contributed by atoms with van der Waals surface area (Å²) in [6.45, 7) is 4.89. The molecule has 0 heterocycles. The van der Waals surface area contributed by atoms with Crippen LogP contribution in [0.1, 0.15) is 11.1 Å². The van der Waals surface area contributed by atoms with E-state index in [0.29, 0.717) is 13.2 Å². The first-order chi connectivity index (χ1) is 10.7. The molecule has 0 radical (unpaired) electrons. The summed E-state index contributed by atoms with van der Waals surface area (Å²) in [6, 6.07) is 19.7. The van der Waals surface area contributed by atoms with E-state index in [2.05, 4.69) is 6.58 Å². The highest BCUT2D eigenvalue weighted by Crippen LogP contribution is 2.11. The van der Waals surface area contributed by atoms with E-state index < -0.39 is 5.60 Å². The molecule has 0 atom stereocenters. The van der Waals surface area contributed by atoms with Crippen molar-refractivity contribution in [3.05, 3.63) is 84.4 Å². The van der Waals surface area contributed by atoms with Gasteiger partial charge in [0.2, 0.25) is 0 Å². The molecule has 0 bridgehead atoms. The molecule has 2 rings (SSSR count). The van der Waals surface area contributed by atoms with Crippen LogP contribution in [0, 0.1) is 0 Å². The van der Waals surface area contributed by atoms with Gasteiger partial charge in [-0.1, -0.05) is 66.7 Å². The second-order valence-electron chi connectivity index (χ2n) is 5.26. The first-order valence-electron chi connectivity index (χ1n) is 7.31. The highest BCUT2D eigenvalue weighted by molar-refractivity contribution is 5.14. The molecule has 0 saturated carbocycles. The minimum absolute atomic E-state index is 0.153. The Morgan fingerprint density at radius 2 is 1.23 bits per heavy atom. The van der Waals surface area contributed by atoms with E-state index in [9.17, 15) is 5.11 Å². The van der Waals surface area contributed by atoms with Gasteiger partial charge in [-0.3, -0.25) is 0 Å². The van der Waals surface area contributed by atoms with Crippen LogP contribution in [0.4, 0.5) is 0 Å². The summed E-state index contributed by atoms with van der Waals surface area (Å²) in [5.74, 6) is 0. The van der Waals surface area contributed by atoms with Crippen LogP contribution in [0.3, 0.4) is 0 Å². The van der Waals surface area contributed by atoms with Crippen molar-refractivity contribution < 1.29 is 14.6 Å². The van der Waals surface area contributed by atoms with Gasteiger partial charge in [-0.05, 0) is 11.1 Å². The normalized spacial score (nSPS) is 11.3. The lowest BCUT2D eigenvalue weighted by atomic mass is 10.1. The summed E-state index contributed by atoms with van der Waals surface area (Å²) >= 11 is 0. The van der Waals surface area contributed by atoms with E-state index in [1.807, 2.05) is 60.7 Å². The second-order valence-corrected chi connectivity index (χ2v) is 5.26. The molecular formula is C19H22O3. The summed E-state index contributed by atoms with van der Waals surface area (Å²) < 4.78 is 11.2. The molecule has 0 aromatic heterocycles. The number of benzene rings is 2. The number of rotatable bonds is 9. The van der Waals surface area contributed by atoms with E-state index in [0.717, 1.165) is 11.1 Å². The predicted molar refractivity (Wildman–Crippen MR) is 87.3 cm³/mol. The zero-order valence-corrected chi connectivity index (χ0v) is 12.7. The molecule has 0 amide bonds. The van der Waals surface area contributed by atoms with Crippen molar-refractivity contribution in [1.82, 2.24) is 0 Å². The molecule has 0 aliphatic rings. The molecule has 0 aliphatic heterocycles. The molecule has 0 unspecified atom stereocenters. The molecule has 0 spiro atoms. The molecule has 2 aromatic carbocycles. The van der Waals surface area contributed by atoms with Crippen LogP contribution in [-0.4, -0.2) is 23.9 Å². The van der Waals surface area contributed by atoms with Crippen molar-refractivity contribution in [3.63, 3.8) is 0 Å². The maximum absolute atomic E-state index is 10.4. The molecule has 116 valence electrons. The molecule has 3 nitrogen and oxygen atoms in total. The number of hydrogen-bond donors (Lipinski definition) is 1. The van der Waals surface area contributed by atoms with Gasteiger partial charge in [-0.25, -0.2) is 0 Å². The van der Waals surface area contributed by atoms with E-state index in [4.69, 9.17) is 9.47 Å². The Kier molecular flexibility index (Phi) is 6.34. The topological polar surface area (TPSA) is 38.7 Å². The zero-order valence-electron chi connectivity index (χ0n) is 12.7. The maximum atomic E-state index is 10.4. The van der Waals surface area contributed by atoms with Crippen molar-refractivity contribution in [2.24, 2.45) is 0 Å². The highest BCUT2D eigenvalue weighted by Gasteiger charge is 2.23.